The van der Waals surface area contributed by atoms with E-state index in [0.29, 0.717) is 23.0 Å². The number of methoxy groups -OCH3 is 2. The Morgan fingerprint density at radius 3 is 2.80 bits per heavy atom. The molecule has 158 valence electrons. The summed E-state index contributed by atoms with van der Waals surface area (Å²) in [6, 6.07) is 11.8. The topological polar surface area (TPSA) is 80.9 Å². The highest BCUT2D eigenvalue weighted by molar-refractivity contribution is 8.13. The van der Waals surface area contributed by atoms with E-state index in [0.717, 1.165) is 33.6 Å². The predicted molar refractivity (Wildman–Crippen MR) is 124 cm³/mol. The summed E-state index contributed by atoms with van der Waals surface area (Å²) in [6.45, 7) is 0.742. The van der Waals surface area contributed by atoms with Crippen LogP contribution in [0.1, 0.15) is 5.56 Å². The molecule has 0 amide bonds. The van der Waals surface area contributed by atoms with Gasteiger partial charge in [0.15, 0.2) is 27.5 Å². The second kappa shape index (κ2) is 8.22. The fraction of sp³-hybridized carbons (Fsp3) is 0.300. The van der Waals surface area contributed by atoms with Crippen molar-refractivity contribution in [3.05, 3.63) is 42.0 Å². The minimum atomic E-state index is -1.07. The molecule has 0 bridgehead atoms. The van der Waals surface area contributed by atoms with Crippen molar-refractivity contribution in [1.29, 1.82) is 0 Å². The molecule has 1 unspecified atom stereocenters. The lowest BCUT2D eigenvalue weighted by molar-refractivity contribution is 0.0151. The van der Waals surface area contributed by atoms with Crippen molar-refractivity contribution >= 4 is 57.8 Å². The molecule has 30 heavy (non-hydrogen) atoms. The van der Waals surface area contributed by atoms with Crippen LogP contribution in [-0.4, -0.2) is 45.6 Å². The summed E-state index contributed by atoms with van der Waals surface area (Å²) in [6.07, 6.45) is 0. The maximum Gasteiger partial charge on any atom is 0.171 e. The average molecular weight is 465 g/mol. The third kappa shape index (κ3) is 3.49. The number of hydrogen-bond donors (Lipinski definition) is 2. The maximum absolute atomic E-state index is 11.5. The van der Waals surface area contributed by atoms with Crippen LogP contribution in [0.15, 0.2) is 46.5 Å². The number of aliphatic hydroxyl groups is 1. The average Bonchev–Trinajstić information content (AvgIpc) is 3.28. The van der Waals surface area contributed by atoms with Crippen molar-refractivity contribution < 1.29 is 14.6 Å². The summed E-state index contributed by atoms with van der Waals surface area (Å²) in [4.78, 5) is 9.36. The zero-order valence-electron chi connectivity index (χ0n) is 16.4. The van der Waals surface area contributed by atoms with E-state index < -0.39 is 5.72 Å². The van der Waals surface area contributed by atoms with Crippen LogP contribution < -0.4 is 14.8 Å². The number of amidine groups is 1. The molecule has 0 radical (unpaired) electrons. The van der Waals surface area contributed by atoms with Crippen LogP contribution in [0.2, 0.25) is 0 Å². The molecular formula is C20H21ClN4O3S2. The lowest BCUT2D eigenvalue weighted by atomic mass is 10.1. The van der Waals surface area contributed by atoms with E-state index >= 15 is 0 Å². The van der Waals surface area contributed by atoms with Crippen molar-refractivity contribution in [2.24, 2.45) is 4.99 Å². The van der Waals surface area contributed by atoms with Gasteiger partial charge in [-0.3, -0.25) is 4.57 Å². The van der Waals surface area contributed by atoms with Gasteiger partial charge in [0, 0.05) is 18.7 Å². The van der Waals surface area contributed by atoms with Crippen molar-refractivity contribution in [1.82, 2.24) is 14.9 Å². The predicted octanol–water partition coefficient (Wildman–Crippen LogP) is 3.75. The van der Waals surface area contributed by atoms with Crippen LogP contribution in [0.4, 0.5) is 5.69 Å². The third-order valence-corrected chi connectivity index (χ3v) is 7.32. The Labute approximate surface area is 188 Å². The summed E-state index contributed by atoms with van der Waals surface area (Å²) >= 11 is 3.07. The SMILES string of the molecule is COc1cc2nc3n(c2cc1OC)C(O)(CSC1=Nc2ccccc2CN1)CS3.Cl. The molecule has 7 nitrogen and oxygen atoms in total. The minimum Gasteiger partial charge on any atom is -0.493 e. The van der Waals surface area contributed by atoms with E-state index in [2.05, 4.69) is 21.4 Å². The van der Waals surface area contributed by atoms with Gasteiger partial charge in [-0.25, -0.2) is 9.98 Å². The molecular weight excluding hydrogens is 444 g/mol. The van der Waals surface area contributed by atoms with E-state index in [-0.39, 0.29) is 12.4 Å². The second-order valence-corrected chi connectivity index (χ2v) is 8.79. The summed E-state index contributed by atoms with van der Waals surface area (Å²) < 4.78 is 12.7. The fourth-order valence-corrected chi connectivity index (χ4v) is 5.81. The number of ether oxygens (including phenoxy) is 2. The Hall–Kier alpha value is -2.07. The number of halogens is 1. The van der Waals surface area contributed by atoms with Crippen LogP contribution in [0, 0.1) is 0 Å². The van der Waals surface area contributed by atoms with Gasteiger partial charge in [0.05, 0.1) is 42.4 Å². The van der Waals surface area contributed by atoms with Gasteiger partial charge in [-0.15, -0.1) is 12.4 Å². The third-order valence-electron chi connectivity index (χ3n) is 5.06. The summed E-state index contributed by atoms with van der Waals surface area (Å²) in [7, 11) is 3.21. The first kappa shape index (κ1) is 21.2. The van der Waals surface area contributed by atoms with Crippen LogP contribution in [-0.2, 0) is 12.3 Å². The van der Waals surface area contributed by atoms with Crippen LogP contribution in [0.25, 0.3) is 11.0 Å². The fourth-order valence-electron chi connectivity index (χ4n) is 3.59. The van der Waals surface area contributed by atoms with E-state index in [4.69, 9.17) is 9.47 Å². The van der Waals surface area contributed by atoms with Gasteiger partial charge in [0.1, 0.15) is 0 Å². The maximum atomic E-state index is 11.5. The number of aromatic nitrogens is 2. The first-order valence-corrected chi connectivity index (χ1v) is 11.1. The molecule has 0 saturated carbocycles. The Morgan fingerprint density at radius 2 is 2.00 bits per heavy atom. The highest BCUT2D eigenvalue weighted by Crippen LogP contribution is 2.43. The second-order valence-electron chi connectivity index (χ2n) is 6.88. The molecule has 3 heterocycles. The first-order valence-electron chi connectivity index (χ1n) is 9.15. The largest absolute Gasteiger partial charge is 0.493 e. The Balaban J connectivity index is 0.00000218. The van der Waals surface area contributed by atoms with Gasteiger partial charge in [-0.2, -0.15) is 0 Å². The van der Waals surface area contributed by atoms with Crippen molar-refractivity contribution in [2.45, 2.75) is 17.4 Å². The Bertz CT molecular complexity index is 1140. The van der Waals surface area contributed by atoms with Crippen molar-refractivity contribution in [3.8, 4) is 11.5 Å². The number of thioether (sulfide) groups is 2. The molecule has 2 N–H and O–H groups in total. The van der Waals surface area contributed by atoms with Gasteiger partial charge in [-0.1, -0.05) is 41.7 Å². The first-order chi connectivity index (χ1) is 14.1. The summed E-state index contributed by atoms with van der Waals surface area (Å²) in [5, 5.41) is 16.4. The van der Waals surface area contributed by atoms with Crippen molar-refractivity contribution in [3.63, 3.8) is 0 Å². The van der Waals surface area contributed by atoms with Crippen LogP contribution >= 0.6 is 35.9 Å². The summed E-state index contributed by atoms with van der Waals surface area (Å²) in [5.41, 5.74) is 2.69. The van der Waals surface area contributed by atoms with E-state index in [1.807, 2.05) is 34.9 Å². The van der Waals surface area contributed by atoms with E-state index in [9.17, 15) is 5.11 Å². The monoisotopic (exact) mass is 464 g/mol. The summed E-state index contributed by atoms with van der Waals surface area (Å²) in [5.74, 6) is 2.24. The minimum absolute atomic E-state index is 0. The van der Waals surface area contributed by atoms with Gasteiger partial charge in [0.2, 0.25) is 0 Å². The standard InChI is InChI=1S/C20H20N4O3S2.ClH/c1-26-16-7-14-15(8-17(16)27-2)24-19(23-14)29-11-20(24,25)10-28-18-21-9-12-5-3-4-6-13(12)22-18;/h3-8,25H,9-11H2,1-2H3,(H,21,22);1H. The molecule has 2 aliphatic rings. The van der Waals surface area contributed by atoms with Crippen molar-refractivity contribution in [2.75, 3.05) is 25.7 Å². The molecule has 1 atom stereocenters. The number of nitrogens with zero attached hydrogens (tertiary/aromatic N) is 3. The number of nitrogens with one attached hydrogen (secondary N) is 1. The zero-order valence-corrected chi connectivity index (χ0v) is 18.9. The number of hydrogen-bond acceptors (Lipinski definition) is 8. The molecule has 2 aromatic carbocycles. The lowest BCUT2D eigenvalue weighted by Crippen LogP contribution is -2.37. The number of fused-ring (bicyclic) bond motifs is 4. The molecule has 2 aliphatic heterocycles. The van der Waals surface area contributed by atoms with Gasteiger partial charge in [0.25, 0.3) is 0 Å². The molecule has 0 fully saturated rings. The van der Waals surface area contributed by atoms with Gasteiger partial charge < -0.3 is 19.9 Å². The number of para-hydroxylation sites is 1. The van der Waals surface area contributed by atoms with Crippen LogP contribution in [0.5, 0.6) is 11.5 Å². The van der Waals surface area contributed by atoms with Gasteiger partial charge >= 0.3 is 0 Å². The van der Waals surface area contributed by atoms with E-state index in [1.54, 1.807) is 26.0 Å². The molecule has 3 aromatic rings. The number of rotatable bonds is 4. The smallest absolute Gasteiger partial charge is 0.171 e. The zero-order chi connectivity index (χ0) is 20.0. The Kier molecular flexibility index (Phi) is 5.80. The highest BCUT2D eigenvalue weighted by atomic mass is 35.5. The van der Waals surface area contributed by atoms with Crippen LogP contribution in [0.3, 0.4) is 0 Å². The number of aliphatic imine (C=N–C) groups is 1. The molecule has 5 rings (SSSR count). The van der Waals surface area contributed by atoms with Gasteiger partial charge in [-0.05, 0) is 11.6 Å². The van der Waals surface area contributed by atoms with E-state index in [1.165, 1.54) is 17.3 Å². The normalized spacial score (nSPS) is 19.4. The number of benzene rings is 2. The molecule has 0 spiro atoms. The lowest BCUT2D eigenvalue weighted by Gasteiger charge is -2.26. The number of imidazole rings is 1. The Morgan fingerprint density at radius 1 is 1.23 bits per heavy atom. The molecule has 0 aliphatic carbocycles. The molecule has 1 aromatic heterocycles. The highest BCUT2D eigenvalue weighted by Gasteiger charge is 2.40. The quantitative estimate of drug-likeness (QED) is 0.608. The molecule has 0 saturated heterocycles. The molecule has 10 heteroatoms.